The first-order valence-electron chi connectivity index (χ1n) is 20.1. The zero-order valence-corrected chi connectivity index (χ0v) is 33.4. The molecule has 0 saturated heterocycles. The summed E-state index contributed by atoms with van der Waals surface area (Å²) < 4.78 is 32.5. The topological polar surface area (TPSA) is 149 Å². The van der Waals surface area contributed by atoms with Crippen LogP contribution in [0, 0.1) is 0 Å². The summed E-state index contributed by atoms with van der Waals surface area (Å²) in [6, 6.07) is 0. The van der Waals surface area contributed by atoms with Crippen molar-refractivity contribution in [2.45, 2.75) is 174 Å². The molecule has 0 spiro atoms. The lowest BCUT2D eigenvalue weighted by Gasteiger charge is -2.20. The second kappa shape index (κ2) is 37.3. The SMILES string of the molecule is CCCCC/C=C/CCCCCCCC(=O)OC[C@H](COP(=O)(O)OC[C@@H](O)CO)OC(=O)CCC/C=C/C/C=C/C/C=C/CCCCCCCC. The molecule has 0 saturated carbocycles. The molecule has 0 aliphatic carbocycles. The molecule has 0 aromatic heterocycles. The summed E-state index contributed by atoms with van der Waals surface area (Å²) in [5, 5.41) is 18.3. The first kappa shape index (κ1) is 49.9. The van der Waals surface area contributed by atoms with E-state index in [1.165, 1.54) is 57.8 Å². The van der Waals surface area contributed by atoms with Gasteiger partial charge in [-0.2, -0.15) is 0 Å². The summed E-state index contributed by atoms with van der Waals surface area (Å²) >= 11 is 0. The summed E-state index contributed by atoms with van der Waals surface area (Å²) in [5.41, 5.74) is 0. The van der Waals surface area contributed by atoms with Gasteiger partial charge in [0.25, 0.3) is 0 Å². The molecule has 302 valence electrons. The monoisotopic (exact) mass is 756 g/mol. The molecule has 3 atom stereocenters. The number of hydrogen-bond donors (Lipinski definition) is 3. The van der Waals surface area contributed by atoms with Gasteiger partial charge in [-0.3, -0.25) is 18.6 Å². The molecule has 0 heterocycles. The minimum Gasteiger partial charge on any atom is -0.462 e. The number of aliphatic hydroxyl groups is 2. The van der Waals surface area contributed by atoms with Gasteiger partial charge in [-0.15, -0.1) is 0 Å². The smallest absolute Gasteiger partial charge is 0.462 e. The Morgan fingerprint density at radius 1 is 0.577 bits per heavy atom. The van der Waals surface area contributed by atoms with Crippen molar-refractivity contribution in [3.8, 4) is 0 Å². The quantitative estimate of drug-likeness (QED) is 0.0242. The third-order valence-corrected chi connectivity index (χ3v) is 9.16. The van der Waals surface area contributed by atoms with Crippen LogP contribution in [0.15, 0.2) is 48.6 Å². The molecule has 11 heteroatoms. The highest BCUT2D eigenvalue weighted by atomic mass is 31.2. The van der Waals surface area contributed by atoms with E-state index in [-0.39, 0.29) is 19.4 Å². The molecule has 0 bridgehead atoms. The molecule has 0 fully saturated rings. The number of unbranched alkanes of at least 4 members (excludes halogenated alkanes) is 15. The van der Waals surface area contributed by atoms with Crippen molar-refractivity contribution in [1.29, 1.82) is 0 Å². The third-order valence-electron chi connectivity index (χ3n) is 8.21. The highest BCUT2D eigenvalue weighted by Gasteiger charge is 2.27. The van der Waals surface area contributed by atoms with Gasteiger partial charge < -0.3 is 24.6 Å². The largest absolute Gasteiger partial charge is 0.472 e. The zero-order chi connectivity index (χ0) is 38.4. The van der Waals surface area contributed by atoms with Crippen LogP contribution in [0.1, 0.15) is 162 Å². The van der Waals surface area contributed by atoms with Gasteiger partial charge in [0.1, 0.15) is 12.7 Å². The van der Waals surface area contributed by atoms with E-state index in [0.29, 0.717) is 19.3 Å². The standard InChI is InChI=1S/C41H73O10P/c1-3-5-7-9-11-13-15-17-18-19-20-21-23-25-27-29-31-33-41(45)51-39(37-50-52(46,47)49-35-38(43)34-42)36-48-40(44)32-30-28-26-24-22-16-14-12-10-8-6-4-2/h12,14,17-18,20-21,25,27,38-39,42-43H,3-11,13,15-16,19,22-24,26,28-37H2,1-2H3,(H,46,47)/b14-12+,18-17+,21-20+,27-25+/t38-,39+/m0/s1. The Morgan fingerprint density at radius 2 is 1.02 bits per heavy atom. The molecular formula is C41H73O10P. The number of phosphoric ester groups is 1. The molecule has 0 amide bonds. The lowest BCUT2D eigenvalue weighted by Crippen LogP contribution is -2.29. The molecule has 0 aromatic carbocycles. The van der Waals surface area contributed by atoms with Crippen molar-refractivity contribution in [2.75, 3.05) is 26.4 Å². The number of rotatable bonds is 37. The van der Waals surface area contributed by atoms with Crippen LogP contribution < -0.4 is 0 Å². The predicted octanol–water partition coefficient (Wildman–Crippen LogP) is 10.2. The Bertz CT molecular complexity index is 1010. The van der Waals surface area contributed by atoms with E-state index in [1.54, 1.807) is 0 Å². The Morgan fingerprint density at radius 3 is 1.62 bits per heavy atom. The Kier molecular flexibility index (Phi) is 35.8. The number of phosphoric acid groups is 1. The normalized spacial score (nSPS) is 14.5. The van der Waals surface area contributed by atoms with Crippen molar-refractivity contribution in [2.24, 2.45) is 0 Å². The van der Waals surface area contributed by atoms with Crippen LogP contribution in [0.3, 0.4) is 0 Å². The van der Waals surface area contributed by atoms with E-state index >= 15 is 0 Å². The number of carbonyl (C=O) groups excluding carboxylic acids is 2. The fourth-order valence-corrected chi connectivity index (χ4v) is 5.85. The average molecular weight is 757 g/mol. The summed E-state index contributed by atoms with van der Waals surface area (Å²) in [4.78, 5) is 34.8. The minimum atomic E-state index is -4.63. The number of carbonyl (C=O) groups is 2. The number of aliphatic hydroxyl groups excluding tert-OH is 2. The van der Waals surface area contributed by atoms with E-state index in [4.69, 9.17) is 19.1 Å². The van der Waals surface area contributed by atoms with Gasteiger partial charge >= 0.3 is 19.8 Å². The van der Waals surface area contributed by atoms with Crippen molar-refractivity contribution >= 4 is 19.8 Å². The molecule has 0 aliphatic heterocycles. The van der Waals surface area contributed by atoms with Crippen LogP contribution in [-0.4, -0.2) is 65.7 Å². The maximum Gasteiger partial charge on any atom is 0.472 e. The van der Waals surface area contributed by atoms with E-state index in [1.807, 2.05) is 6.08 Å². The molecule has 0 rings (SSSR count). The number of esters is 2. The fourth-order valence-electron chi connectivity index (χ4n) is 5.06. The van der Waals surface area contributed by atoms with Crippen molar-refractivity contribution in [1.82, 2.24) is 0 Å². The van der Waals surface area contributed by atoms with Crippen LogP contribution in [0.2, 0.25) is 0 Å². The Labute approximate surface area is 315 Å². The second-order valence-electron chi connectivity index (χ2n) is 13.3. The molecule has 0 radical (unpaired) electrons. The fraction of sp³-hybridized carbons (Fsp3) is 0.756. The van der Waals surface area contributed by atoms with Crippen LogP contribution in [0.5, 0.6) is 0 Å². The number of hydrogen-bond acceptors (Lipinski definition) is 9. The minimum absolute atomic E-state index is 0.110. The Hall–Kier alpha value is -2.07. The second-order valence-corrected chi connectivity index (χ2v) is 14.8. The Balaban J connectivity index is 4.45. The van der Waals surface area contributed by atoms with E-state index in [2.05, 4.69) is 60.9 Å². The van der Waals surface area contributed by atoms with Gasteiger partial charge in [0.05, 0.1) is 19.8 Å². The number of allylic oxidation sites excluding steroid dienone is 8. The average Bonchev–Trinajstić information content (AvgIpc) is 3.13. The maximum atomic E-state index is 12.5. The van der Waals surface area contributed by atoms with Gasteiger partial charge in [0, 0.05) is 12.8 Å². The van der Waals surface area contributed by atoms with E-state index < -0.39 is 51.8 Å². The van der Waals surface area contributed by atoms with Gasteiger partial charge in [-0.05, 0) is 70.6 Å². The number of ether oxygens (including phenoxy) is 2. The van der Waals surface area contributed by atoms with Gasteiger partial charge in [0.2, 0.25) is 0 Å². The molecule has 1 unspecified atom stereocenters. The van der Waals surface area contributed by atoms with Crippen molar-refractivity contribution < 1.29 is 47.8 Å². The van der Waals surface area contributed by atoms with E-state index in [0.717, 1.165) is 57.8 Å². The molecular weight excluding hydrogens is 683 g/mol. The highest BCUT2D eigenvalue weighted by Crippen LogP contribution is 2.43. The van der Waals surface area contributed by atoms with Crippen molar-refractivity contribution in [3.05, 3.63) is 48.6 Å². The summed E-state index contributed by atoms with van der Waals surface area (Å²) in [6.07, 6.45) is 38.0. The first-order chi connectivity index (χ1) is 25.2. The molecule has 0 aliphatic rings. The predicted molar refractivity (Wildman–Crippen MR) is 210 cm³/mol. The van der Waals surface area contributed by atoms with Crippen LogP contribution >= 0.6 is 7.82 Å². The lowest BCUT2D eigenvalue weighted by molar-refractivity contribution is -0.161. The highest BCUT2D eigenvalue weighted by molar-refractivity contribution is 7.47. The van der Waals surface area contributed by atoms with E-state index in [9.17, 15) is 24.2 Å². The molecule has 0 aromatic rings. The molecule has 52 heavy (non-hydrogen) atoms. The third kappa shape index (κ3) is 36.3. The van der Waals surface area contributed by atoms with Crippen LogP contribution in [0.4, 0.5) is 0 Å². The summed E-state index contributed by atoms with van der Waals surface area (Å²) in [7, 11) is -4.63. The first-order valence-corrected chi connectivity index (χ1v) is 21.6. The van der Waals surface area contributed by atoms with Gasteiger partial charge in [-0.1, -0.05) is 127 Å². The summed E-state index contributed by atoms with van der Waals surface area (Å²) in [6.45, 7) is 2.26. The van der Waals surface area contributed by atoms with Crippen LogP contribution in [-0.2, 0) is 32.7 Å². The lowest BCUT2D eigenvalue weighted by atomic mass is 10.1. The van der Waals surface area contributed by atoms with Crippen molar-refractivity contribution in [3.63, 3.8) is 0 Å². The van der Waals surface area contributed by atoms with Gasteiger partial charge in [-0.25, -0.2) is 4.57 Å². The summed E-state index contributed by atoms with van der Waals surface area (Å²) in [5.74, 6) is -1.00. The maximum absolute atomic E-state index is 12.5. The van der Waals surface area contributed by atoms with Gasteiger partial charge in [0.15, 0.2) is 6.10 Å². The molecule has 10 nitrogen and oxygen atoms in total. The zero-order valence-electron chi connectivity index (χ0n) is 32.5. The molecule has 3 N–H and O–H groups in total. The van der Waals surface area contributed by atoms with Crippen LogP contribution in [0.25, 0.3) is 0 Å².